The number of aliphatic hydroxyl groups excluding tert-OH is 2. The monoisotopic (exact) mass is 402 g/mol. The Morgan fingerprint density at radius 1 is 0.966 bits per heavy atom. The zero-order valence-corrected chi connectivity index (χ0v) is 19.7. The summed E-state index contributed by atoms with van der Waals surface area (Å²) < 4.78 is 0. The van der Waals surface area contributed by atoms with Crippen LogP contribution in [0.1, 0.15) is 98.8 Å². The van der Waals surface area contributed by atoms with Crippen LogP contribution in [0, 0.1) is 46.3 Å². The van der Waals surface area contributed by atoms with Gasteiger partial charge >= 0.3 is 0 Å². The second-order valence-electron chi connectivity index (χ2n) is 12.3. The first-order chi connectivity index (χ1) is 13.7. The summed E-state index contributed by atoms with van der Waals surface area (Å²) >= 11 is 0. The number of hydrogen-bond donors (Lipinski definition) is 2. The Morgan fingerprint density at radius 3 is 2.45 bits per heavy atom. The standard InChI is InChI=1S/C27H46O2/c1-17(2)7-6-8-18(3)21-9-10-22-20-16-25(29)24-15-19(28)11-13-27(24,5)23(20)12-14-26(21,22)4/h15,17-23,25,28-29H,6-14,16H2,1-5H3. The van der Waals surface area contributed by atoms with E-state index >= 15 is 0 Å². The van der Waals surface area contributed by atoms with Crippen molar-refractivity contribution in [3.8, 4) is 0 Å². The van der Waals surface area contributed by atoms with Crippen LogP contribution in [0.2, 0.25) is 0 Å². The summed E-state index contributed by atoms with van der Waals surface area (Å²) in [4.78, 5) is 0. The van der Waals surface area contributed by atoms with Gasteiger partial charge in [0.15, 0.2) is 0 Å². The fourth-order valence-corrected chi connectivity index (χ4v) is 8.78. The molecule has 0 radical (unpaired) electrons. The summed E-state index contributed by atoms with van der Waals surface area (Å²) in [7, 11) is 0. The Kier molecular flexibility index (Phi) is 6.01. The van der Waals surface area contributed by atoms with Crippen LogP contribution >= 0.6 is 0 Å². The van der Waals surface area contributed by atoms with Gasteiger partial charge in [0.2, 0.25) is 0 Å². The van der Waals surface area contributed by atoms with Crippen molar-refractivity contribution < 1.29 is 10.2 Å². The molecule has 0 aromatic heterocycles. The highest BCUT2D eigenvalue weighted by atomic mass is 16.3. The molecule has 9 atom stereocenters. The third-order valence-corrected chi connectivity index (χ3v) is 10.3. The summed E-state index contributed by atoms with van der Waals surface area (Å²) in [5, 5.41) is 21.3. The molecule has 166 valence electrons. The zero-order valence-electron chi connectivity index (χ0n) is 19.7. The lowest BCUT2D eigenvalue weighted by atomic mass is 9.46. The Balaban J connectivity index is 1.52. The first-order valence-corrected chi connectivity index (χ1v) is 12.7. The molecular weight excluding hydrogens is 356 g/mol. The molecule has 0 aromatic rings. The molecule has 9 unspecified atom stereocenters. The maximum absolute atomic E-state index is 11.1. The molecule has 0 spiro atoms. The van der Waals surface area contributed by atoms with E-state index in [4.69, 9.17) is 0 Å². The average Bonchev–Trinajstić information content (AvgIpc) is 3.00. The van der Waals surface area contributed by atoms with E-state index in [0.717, 1.165) is 42.9 Å². The molecular formula is C27H46O2. The lowest BCUT2D eigenvalue weighted by Gasteiger charge is -2.60. The molecule has 3 saturated carbocycles. The van der Waals surface area contributed by atoms with E-state index in [1.807, 2.05) is 6.08 Å². The number of fused-ring (bicyclic) bond motifs is 5. The van der Waals surface area contributed by atoms with Gasteiger partial charge in [-0.05, 0) is 96.9 Å². The van der Waals surface area contributed by atoms with Crippen LogP contribution < -0.4 is 0 Å². The normalized spacial score (nSPS) is 47.9. The number of hydrogen-bond acceptors (Lipinski definition) is 2. The highest BCUT2D eigenvalue weighted by molar-refractivity contribution is 5.29. The van der Waals surface area contributed by atoms with E-state index in [0.29, 0.717) is 17.3 Å². The van der Waals surface area contributed by atoms with Crippen LogP contribution in [0.4, 0.5) is 0 Å². The highest BCUT2D eigenvalue weighted by Gasteiger charge is 2.60. The Morgan fingerprint density at radius 2 is 1.72 bits per heavy atom. The molecule has 0 aliphatic heterocycles. The van der Waals surface area contributed by atoms with Crippen LogP contribution in [-0.4, -0.2) is 22.4 Å². The molecule has 29 heavy (non-hydrogen) atoms. The van der Waals surface area contributed by atoms with Crippen molar-refractivity contribution in [2.45, 2.75) is 111 Å². The van der Waals surface area contributed by atoms with Crippen LogP contribution in [-0.2, 0) is 0 Å². The van der Waals surface area contributed by atoms with E-state index in [1.165, 1.54) is 50.5 Å². The lowest BCUT2D eigenvalue weighted by molar-refractivity contribution is -0.0874. The van der Waals surface area contributed by atoms with Crippen molar-refractivity contribution in [3.05, 3.63) is 11.6 Å². The molecule has 0 heterocycles. The summed E-state index contributed by atoms with van der Waals surface area (Å²) in [6, 6.07) is 0. The molecule has 4 aliphatic carbocycles. The van der Waals surface area contributed by atoms with E-state index in [-0.39, 0.29) is 17.6 Å². The molecule has 2 N–H and O–H groups in total. The van der Waals surface area contributed by atoms with Gasteiger partial charge in [-0.25, -0.2) is 0 Å². The summed E-state index contributed by atoms with van der Waals surface area (Å²) in [6.45, 7) is 12.3. The van der Waals surface area contributed by atoms with Gasteiger partial charge in [0.25, 0.3) is 0 Å². The Bertz CT molecular complexity index is 624. The van der Waals surface area contributed by atoms with Gasteiger partial charge in [-0.3, -0.25) is 0 Å². The van der Waals surface area contributed by atoms with Crippen LogP contribution in [0.3, 0.4) is 0 Å². The van der Waals surface area contributed by atoms with E-state index in [9.17, 15) is 10.2 Å². The molecule has 2 heteroatoms. The second-order valence-corrected chi connectivity index (χ2v) is 12.3. The van der Waals surface area contributed by atoms with Crippen molar-refractivity contribution in [1.82, 2.24) is 0 Å². The van der Waals surface area contributed by atoms with Gasteiger partial charge in [0.1, 0.15) is 0 Å². The molecule has 4 rings (SSSR count). The van der Waals surface area contributed by atoms with Crippen molar-refractivity contribution in [2.24, 2.45) is 46.3 Å². The summed E-state index contributed by atoms with van der Waals surface area (Å²) in [5.41, 5.74) is 1.77. The third kappa shape index (κ3) is 3.65. The Labute approximate surface area is 179 Å². The Hall–Kier alpha value is -0.340. The first kappa shape index (κ1) is 21.9. The predicted molar refractivity (Wildman–Crippen MR) is 120 cm³/mol. The fraction of sp³-hybridized carbons (Fsp3) is 0.926. The van der Waals surface area contributed by atoms with Crippen LogP contribution in [0.5, 0.6) is 0 Å². The SMILES string of the molecule is CC(C)CCCC(C)C1CCC2C3CC(O)C4=CC(O)CCC4(C)C3CCC12C. The molecule has 3 fully saturated rings. The topological polar surface area (TPSA) is 40.5 Å². The highest BCUT2D eigenvalue weighted by Crippen LogP contribution is 2.67. The average molecular weight is 403 g/mol. The molecule has 0 bridgehead atoms. The number of rotatable bonds is 5. The smallest absolute Gasteiger partial charge is 0.0759 e. The number of aliphatic hydroxyl groups is 2. The maximum Gasteiger partial charge on any atom is 0.0759 e. The third-order valence-electron chi connectivity index (χ3n) is 10.3. The minimum absolute atomic E-state index is 0.115. The largest absolute Gasteiger partial charge is 0.389 e. The zero-order chi connectivity index (χ0) is 21.0. The summed E-state index contributed by atoms with van der Waals surface area (Å²) in [5.74, 6) is 4.70. The molecule has 0 saturated heterocycles. The van der Waals surface area contributed by atoms with Crippen LogP contribution in [0.25, 0.3) is 0 Å². The van der Waals surface area contributed by atoms with Crippen molar-refractivity contribution in [1.29, 1.82) is 0 Å². The van der Waals surface area contributed by atoms with E-state index in [1.54, 1.807) is 0 Å². The van der Waals surface area contributed by atoms with Crippen molar-refractivity contribution in [3.63, 3.8) is 0 Å². The quantitative estimate of drug-likeness (QED) is 0.525. The van der Waals surface area contributed by atoms with E-state index < -0.39 is 0 Å². The maximum atomic E-state index is 11.1. The molecule has 2 nitrogen and oxygen atoms in total. The first-order valence-electron chi connectivity index (χ1n) is 12.7. The lowest BCUT2D eigenvalue weighted by Crippen LogP contribution is -2.54. The van der Waals surface area contributed by atoms with Gasteiger partial charge in [-0.1, -0.05) is 60.0 Å². The minimum Gasteiger partial charge on any atom is -0.389 e. The molecule has 4 aliphatic rings. The summed E-state index contributed by atoms with van der Waals surface area (Å²) in [6.07, 6.45) is 13.8. The van der Waals surface area contributed by atoms with Gasteiger partial charge in [-0.2, -0.15) is 0 Å². The predicted octanol–water partition coefficient (Wildman–Crippen LogP) is 6.36. The second kappa shape index (κ2) is 7.97. The molecule has 0 amide bonds. The van der Waals surface area contributed by atoms with Gasteiger partial charge in [-0.15, -0.1) is 0 Å². The van der Waals surface area contributed by atoms with Crippen LogP contribution in [0.15, 0.2) is 11.6 Å². The molecule has 0 aromatic carbocycles. The van der Waals surface area contributed by atoms with Crippen molar-refractivity contribution >= 4 is 0 Å². The minimum atomic E-state index is -0.347. The fourth-order valence-electron chi connectivity index (χ4n) is 8.78. The van der Waals surface area contributed by atoms with Gasteiger partial charge in [0.05, 0.1) is 12.2 Å². The van der Waals surface area contributed by atoms with Gasteiger partial charge < -0.3 is 10.2 Å². The van der Waals surface area contributed by atoms with Gasteiger partial charge in [0, 0.05) is 0 Å². The van der Waals surface area contributed by atoms with E-state index in [2.05, 4.69) is 34.6 Å². The van der Waals surface area contributed by atoms with Crippen molar-refractivity contribution in [2.75, 3.05) is 0 Å².